The van der Waals surface area contributed by atoms with Crippen LogP contribution in [0.4, 0.5) is 0 Å². The molecule has 3 rings (SSSR count). The number of nitrogens with zero attached hydrogens (tertiary/aromatic N) is 2. The molecule has 0 spiro atoms. The van der Waals surface area contributed by atoms with Crippen LogP contribution >= 0.6 is 11.3 Å². The number of benzene rings is 1. The zero-order chi connectivity index (χ0) is 18.5. The van der Waals surface area contributed by atoms with E-state index in [2.05, 4.69) is 24.1 Å². The minimum absolute atomic E-state index is 0.125. The SMILES string of the molecule is CC(C)CC(=O)N1CCc2nc(C(=O)NCc3ccccc3)sc2CC1. The average Bonchev–Trinajstić information content (AvgIpc) is 2.93. The van der Waals surface area contributed by atoms with Gasteiger partial charge in [-0.1, -0.05) is 44.2 Å². The molecule has 1 aliphatic rings. The van der Waals surface area contributed by atoms with Gasteiger partial charge in [-0.15, -0.1) is 11.3 Å². The van der Waals surface area contributed by atoms with Gasteiger partial charge in [0.15, 0.2) is 5.01 Å². The number of fused-ring (bicyclic) bond motifs is 1. The highest BCUT2D eigenvalue weighted by Crippen LogP contribution is 2.23. The lowest BCUT2D eigenvalue weighted by molar-refractivity contribution is -0.131. The molecule has 0 unspecified atom stereocenters. The molecular weight excluding hydrogens is 346 g/mol. The van der Waals surface area contributed by atoms with E-state index in [4.69, 9.17) is 0 Å². The topological polar surface area (TPSA) is 62.3 Å². The second-order valence-corrected chi connectivity index (χ2v) is 8.12. The fraction of sp³-hybridized carbons (Fsp3) is 0.450. The van der Waals surface area contributed by atoms with E-state index >= 15 is 0 Å². The Bertz CT molecular complexity index is 745. The molecule has 5 nitrogen and oxygen atoms in total. The van der Waals surface area contributed by atoms with E-state index in [0.717, 1.165) is 29.0 Å². The summed E-state index contributed by atoms with van der Waals surface area (Å²) in [6, 6.07) is 9.84. The summed E-state index contributed by atoms with van der Waals surface area (Å²) in [5, 5.41) is 3.45. The van der Waals surface area contributed by atoms with E-state index in [1.807, 2.05) is 35.2 Å². The highest BCUT2D eigenvalue weighted by atomic mass is 32.1. The number of rotatable bonds is 5. The summed E-state index contributed by atoms with van der Waals surface area (Å²) < 4.78 is 0. The Kier molecular flexibility index (Phi) is 6.04. The second kappa shape index (κ2) is 8.45. The van der Waals surface area contributed by atoms with Gasteiger partial charge in [0.1, 0.15) is 0 Å². The zero-order valence-electron chi connectivity index (χ0n) is 15.3. The van der Waals surface area contributed by atoms with Gasteiger partial charge in [-0.25, -0.2) is 4.98 Å². The first-order valence-corrected chi connectivity index (χ1v) is 9.93. The highest BCUT2D eigenvalue weighted by Gasteiger charge is 2.23. The zero-order valence-corrected chi connectivity index (χ0v) is 16.1. The third-order valence-corrected chi connectivity index (χ3v) is 5.59. The maximum atomic E-state index is 12.4. The molecule has 1 aromatic heterocycles. The maximum Gasteiger partial charge on any atom is 0.280 e. The number of carbonyl (C=O) groups is 2. The lowest BCUT2D eigenvalue weighted by Gasteiger charge is -2.21. The molecule has 0 fully saturated rings. The van der Waals surface area contributed by atoms with Gasteiger partial charge < -0.3 is 10.2 Å². The van der Waals surface area contributed by atoms with Crippen LogP contribution in [0.3, 0.4) is 0 Å². The fourth-order valence-electron chi connectivity index (χ4n) is 3.04. The van der Waals surface area contributed by atoms with Crippen LogP contribution in [-0.4, -0.2) is 34.8 Å². The number of hydrogen-bond donors (Lipinski definition) is 1. The molecule has 6 heteroatoms. The smallest absolute Gasteiger partial charge is 0.280 e. The maximum absolute atomic E-state index is 12.4. The van der Waals surface area contributed by atoms with Gasteiger partial charge in [0.2, 0.25) is 5.91 Å². The van der Waals surface area contributed by atoms with Gasteiger partial charge in [0.25, 0.3) is 5.91 Å². The van der Waals surface area contributed by atoms with Crippen LogP contribution in [-0.2, 0) is 24.2 Å². The van der Waals surface area contributed by atoms with Crippen LogP contribution in [0.1, 0.15) is 46.2 Å². The summed E-state index contributed by atoms with van der Waals surface area (Å²) in [5.74, 6) is 0.466. The molecule has 0 aliphatic carbocycles. The Labute approximate surface area is 158 Å². The van der Waals surface area contributed by atoms with Gasteiger partial charge in [-0.3, -0.25) is 9.59 Å². The van der Waals surface area contributed by atoms with Gasteiger partial charge in [-0.05, 0) is 11.5 Å². The lowest BCUT2D eigenvalue weighted by Crippen LogP contribution is -2.34. The molecule has 2 heterocycles. The first-order valence-electron chi connectivity index (χ1n) is 9.11. The molecule has 2 aromatic rings. The molecule has 26 heavy (non-hydrogen) atoms. The molecule has 0 saturated carbocycles. The number of aromatic nitrogens is 1. The third-order valence-electron chi connectivity index (χ3n) is 4.43. The summed E-state index contributed by atoms with van der Waals surface area (Å²) in [7, 11) is 0. The predicted octanol–water partition coefficient (Wildman–Crippen LogP) is 3.05. The Morgan fingerprint density at radius 3 is 2.65 bits per heavy atom. The van der Waals surface area contributed by atoms with E-state index in [9.17, 15) is 9.59 Å². The Hall–Kier alpha value is -2.21. The predicted molar refractivity (Wildman–Crippen MR) is 103 cm³/mol. The van der Waals surface area contributed by atoms with Crippen molar-refractivity contribution in [3.8, 4) is 0 Å². The molecule has 1 N–H and O–H groups in total. The molecular formula is C20H25N3O2S. The fourth-order valence-corrected chi connectivity index (χ4v) is 4.05. The van der Waals surface area contributed by atoms with Crippen LogP contribution in [0.5, 0.6) is 0 Å². The van der Waals surface area contributed by atoms with Crippen LogP contribution in [0, 0.1) is 5.92 Å². The number of thiazole rings is 1. The van der Waals surface area contributed by atoms with Gasteiger partial charge >= 0.3 is 0 Å². The molecule has 0 saturated heterocycles. The van der Waals surface area contributed by atoms with E-state index in [0.29, 0.717) is 37.0 Å². The summed E-state index contributed by atoms with van der Waals surface area (Å²) in [6.45, 7) is 6.03. The van der Waals surface area contributed by atoms with E-state index in [1.54, 1.807) is 0 Å². The minimum Gasteiger partial charge on any atom is -0.346 e. The standard InChI is InChI=1S/C20H25N3O2S/c1-14(2)12-18(24)23-10-8-16-17(9-11-23)26-20(22-16)19(25)21-13-15-6-4-3-5-7-15/h3-7,14H,8-13H2,1-2H3,(H,21,25). The van der Waals surface area contributed by atoms with Crippen molar-refractivity contribution in [2.75, 3.05) is 13.1 Å². The van der Waals surface area contributed by atoms with Crippen molar-refractivity contribution in [3.63, 3.8) is 0 Å². The highest BCUT2D eigenvalue weighted by molar-refractivity contribution is 7.13. The van der Waals surface area contributed by atoms with Crippen molar-refractivity contribution < 1.29 is 9.59 Å². The van der Waals surface area contributed by atoms with Crippen molar-refractivity contribution in [1.29, 1.82) is 0 Å². The van der Waals surface area contributed by atoms with Crippen molar-refractivity contribution in [1.82, 2.24) is 15.2 Å². The number of nitrogens with one attached hydrogen (secondary N) is 1. The molecule has 0 atom stereocenters. The second-order valence-electron chi connectivity index (χ2n) is 7.04. The Morgan fingerprint density at radius 2 is 1.92 bits per heavy atom. The molecule has 2 amide bonds. The van der Waals surface area contributed by atoms with Crippen molar-refractivity contribution in [3.05, 3.63) is 51.5 Å². The van der Waals surface area contributed by atoms with Crippen LogP contribution in [0.25, 0.3) is 0 Å². The third kappa shape index (κ3) is 4.69. The Morgan fingerprint density at radius 1 is 1.19 bits per heavy atom. The molecule has 138 valence electrons. The number of carbonyl (C=O) groups excluding carboxylic acids is 2. The van der Waals surface area contributed by atoms with Gasteiger partial charge in [-0.2, -0.15) is 0 Å². The van der Waals surface area contributed by atoms with E-state index in [-0.39, 0.29) is 11.8 Å². The molecule has 0 bridgehead atoms. The average molecular weight is 372 g/mol. The van der Waals surface area contributed by atoms with E-state index < -0.39 is 0 Å². The first kappa shape index (κ1) is 18.6. The normalized spacial score (nSPS) is 14.0. The van der Waals surface area contributed by atoms with Crippen molar-refractivity contribution >= 4 is 23.2 Å². The first-order chi connectivity index (χ1) is 12.5. The van der Waals surface area contributed by atoms with Crippen molar-refractivity contribution in [2.24, 2.45) is 5.92 Å². The minimum atomic E-state index is -0.125. The summed E-state index contributed by atoms with van der Waals surface area (Å²) in [4.78, 5) is 32.3. The Balaban J connectivity index is 1.58. The van der Waals surface area contributed by atoms with Crippen molar-refractivity contribution in [2.45, 2.75) is 39.7 Å². The van der Waals surface area contributed by atoms with Crippen LogP contribution in [0.2, 0.25) is 0 Å². The van der Waals surface area contributed by atoms with Gasteiger partial charge in [0.05, 0.1) is 5.69 Å². The summed E-state index contributed by atoms with van der Waals surface area (Å²) in [6.07, 6.45) is 2.10. The summed E-state index contributed by atoms with van der Waals surface area (Å²) >= 11 is 1.46. The largest absolute Gasteiger partial charge is 0.346 e. The monoisotopic (exact) mass is 371 g/mol. The van der Waals surface area contributed by atoms with Crippen LogP contribution < -0.4 is 5.32 Å². The summed E-state index contributed by atoms with van der Waals surface area (Å²) in [5.41, 5.74) is 2.04. The molecule has 1 aromatic carbocycles. The molecule has 0 radical (unpaired) electrons. The lowest BCUT2D eigenvalue weighted by atomic mass is 10.1. The number of amides is 2. The van der Waals surface area contributed by atoms with Gasteiger partial charge in [0, 0.05) is 43.8 Å². The molecule has 1 aliphatic heterocycles. The van der Waals surface area contributed by atoms with Crippen LogP contribution in [0.15, 0.2) is 30.3 Å². The van der Waals surface area contributed by atoms with E-state index in [1.165, 1.54) is 11.3 Å². The number of hydrogen-bond acceptors (Lipinski definition) is 4. The quantitative estimate of drug-likeness (QED) is 0.879.